The first-order valence-corrected chi connectivity index (χ1v) is 9.70. The smallest absolute Gasteiger partial charge is 0.269 e. The molecule has 0 atom stereocenters. The van der Waals surface area contributed by atoms with E-state index >= 15 is 0 Å². The highest BCUT2D eigenvalue weighted by Gasteiger charge is 2.31. The number of aliphatic imine (C=N–C) groups is 1. The van der Waals surface area contributed by atoms with Crippen molar-refractivity contribution < 1.29 is 4.92 Å². The normalized spacial score (nSPS) is 15.5. The number of hydrogen-bond donors (Lipinski definition) is 0. The zero-order valence-corrected chi connectivity index (χ0v) is 17.3. The van der Waals surface area contributed by atoms with Gasteiger partial charge in [0, 0.05) is 41.7 Å². The maximum Gasteiger partial charge on any atom is 0.269 e. The molecule has 1 aliphatic rings. The summed E-state index contributed by atoms with van der Waals surface area (Å²) in [5.41, 5.74) is 4.96. The van der Waals surface area contributed by atoms with Gasteiger partial charge in [-0.05, 0) is 57.0 Å². The lowest BCUT2D eigenvalue weighted by Crippen LogP contribution is -2.45. The first kappa shape index (κ1) is 20.1. The molecule has 6 heteroatoms. The van der Waals surface area contributed by atoms with Gasteiger partial charge in [0.1, 0.15) is 0 Å². The topological polar surface area (TPSA) is 58.7 Å². The molecule has 1 heterocycles. The minimum Gasteiger partial charge on any atom is -0.362 e. The Kier molecular flexibility index (Phi) is 5.57. The largest absolute Gasteiger partial charge is 0.362 e. The van der Waals surface area contributed by atoms with Crippen molar-refractivity contribution in [1.29, 1.82) is 0 Å². The molecule has 0 saturated carbocycles. The van der Waals surface area contributed by atoms with E-state index < -0.39 is 4.92 Å². The predicted octanol–water partition coefficient (Wildman–Crippen LogP) is 6.41. The molecule has 146 valence electrons. The molecule has 5 nitrogen and oxygen atoms in total. The van der Waals surface area contributed by atoms with Crippen LogP contribution in [0.1, 0.15) is 45.2 Å². The average molecular weight is 398 g/mol. The van der Waals surface area contributed by atoms with Gasteiger partial charge in [-0.15, -0.1) is 0 Å². The van der Waals surface area contributed by atoms with E-state index in [2.05, 4.69) is 49.7 Å². The summed E-state index contributed by atoms with van der Waals surface area (Å²) in [4.78, 5) is 17.2. The number of non-ortho nitro benzene ring substituents is 1. The quantitative estimate of drug-likeness (QED) is 0.332. The fourth-order valence-corrected chi connectivity index (χ4v) is 3.86. The van der Waals surface area contributed by atoms with Crippen LogP contribution in [0.25, 0.3) is 5.57 Å². The number of halogens is 1. The predicted molar refractivity (Wildman–Crippen MR) is 117 cm³/mol. The fraction of sp³-hybridized carbons (Fsp3) is 0.318. The van der Waals surface area contributed by atoms with Crippen LogP contribution < -0.4 is 4.90 Å². The number of allylic oxidation sites excluding steroid dienone is 1. The fourth-order valence-electron chi connectivity index (χ4n) is 3.65. The summed E-state index contributed by atoms with van der Waals surface area (Å²) in [6.07, 6.45) is 5.05. The summed E-state index contributed by atoms with van der Waals surface area (Å²) in [7, 11) is 0. The summed E-state index contributed by atoms with van der Waals surface area (Å²) < 4.78 is 0. The zero-order valence-electron chi connectivity index (χ0n) is 16.6. The van der Waals surface area contributed by atoms with Crippen LogP contribution in [0, 0.1) is 10.1 Å². The highest BCUT2D eigenvalue weighted by molar-refractivity contribution is 6.33. The molecule has 0 aliphatic carbocycles. The van der Waals surface area contributed by atoms with E-state index in [1.54, 1.807) is 18.3 Å². The molecule has 2 aromatic rings. The van der Waals surface area contributed by atoms with E-state index in [0.717, 1.165) is 29.8 Å². The lowest BCUT2D eigenvalue weighted by molar-refractivity contribution is -0.384. The Hall–Kier alpha value is -2.66. The van der Waals surface area contributed by atoms with E-state index in [-0.39, 0.29) is 11.2 Å². The Morgan fingerprint density at radius 1 is 1.25 bits per heavy atom. The lowest BCUT2D eigenvalue weighted by atomic mass is 9.88. The Bertz CT molecular complexity index is 962. The van der Waals surface area contributed by atoms with E-state index in [4.69, 9.17) is 11.6 Å². The van der Waals surface area contributed by atoms with Crippen molar-refractivity contribution in [3.63, 3.8) is 0 Å². The summed E-state index contributed by atoms with van der Waals surface area (Å²) >= 11 is 6.57. The second-order valence-electron chi connectivity index (χ2n) is 7.56. The van der Waals surface area contributed by atoms with Crippen LogP contribution in [0.2, 0.25) is 5.02 Å². The van der Waals surface area contributed by atoms with Gasteiger partial charge in [-0.3, -0.25) is 15.1 Å². The second kappa shape index (κ2) is 7.76. The Morgan fingerprint density at radius 2 is 1.93 bits per heavy atom. The molecule has 0 radical (unpaired) electrons. The highest BCUT2D eigenvalue weighted by Crippen LogP contribution is 2.41. The van der Waals surface area contributed by atoms with Gasteiger partial charge in [0.15, 0.2) is 0 Å². The molecule has 0 spiro atoms. The maximum absolute atomic E-state index is 10.8. The van der Waals surface area contributed by atoms with Crippen molar-refractivity contribution in [1.82, 2.24) is 0 Å². The van der Waals surface area contributed by atoms with Gasteiger partial charge in [0.05, 0.1) is 21.2 Å². The van der Waals surface area contributed by atoms with Crippen molar-refractivity contribution in [2.75, 3.05) is 11.4 Å². The number of nitro groups is 1. The van der Waals surface area contributed by atoms with E-state index in [0.29, 0.717) is 10.7 Å². The molecule has 2 aromatic carbocycles. The molecule has 0 N–H and O–H groups in total. The van der Waals surface area contributed by atoms with Gasteiger partial charge in [0.25, 0.3) is 5.69 Å². The second-order valence-corrected chi connectivity index (χ2v) is 7.96. The molecular weight excluding hydrogens is 374 g/mol. The Balaban J connectivity index is 1.96. The van der Waals surface area contributed by atoms with Crippen LogP contribution in [0.15, 0.2) is 47.5 Å². The molecule has 0 amide bonds. The van der Waals surface area contributed by atoms with Gasteiger partial charge in [-0.25, -0.2) is 0 Å². The summed E-state index contributed by atoms with van der Waals surface area (Å²) in [6.45, 7) is 9.68. The zero-order chi connectivity index (χ0) is 20.5. The summed E-state index contributed by atoms with van der Waals surface area (Å²) in [5, 5.41) is 11.4. The molecule has 1 aliphatic heterocycles. The number of anilines is 1. The van der Waals surface area contributed by atoms with Crippen molar-refractivity contribution in [2.24, 2.45) is 4.99 Å². The van der Waals surface area contributed by atoms with Gasteiger partial charge in [-0.1, -0.05) is 24.6 Å². The van der Waals surface area contributed by atoms with Gasteiger partial charge in [-0.2, -0.15) is 0 Å². The minimum absolute atomic E-state index is 0.0464. The Labute approximate surface area is 170 Å². The molecule has 0 unspecified atom stereocenters. The molecule has 28 heavy (non-hydrogen) atoms. The molecule has 0 aromatic heterocycles. The summed E-state index contributed by atoms with van der Waals surface area (Å²) in [6, 6.07) is 10.2. The van der Waals surface area contributed by atoms with Crippen LogP contribution in [0.3, 0.4) is 0 Å². The molecule has 0 saturated heterocycles. The van der Waals surface area contributed by atoms with E-state index in [9.17, 15) is 10.1 Å². The lowest BCUT2D eigenvalue weighted by Gasteiger charge is -2.43. The van der Waals surface area contributed by atoms with Crippen LogP contribution in [-0.4, -0.2) is 23.2 Å². The monoisotopic (exact) mass is 397 g/mol. The molecule has 0 bridgehead atoms. The third-order valence-corrected chi connectivity index (χ3v) is 5.28. The van der Waals surface area contributed by atoms with Crippen LogP contribution in [0.4, 0.5) is 17.1 Å². The third kappa shape index (κ3) is 3.94. The number of benzene rings is 2. The van der Waals surface area contributed by atoms with Crippen molar-refractivity contribution >= 4 is 40.5 Å². The van der Waals surface area contributed by atoms with Crippen LogP contribution >= 0.6 is 11.6 Å². The third-order valence-electron chi connectivity index (χ3n) is 4.96. The van der Waals surface area contributed by atoms with E-state index in [1.165, 1.54) is 17.7 Å². The molecule has 3 rings (SSSR count). The first-order chi connectivity index (χ1) is 13.2. The summed E-state index contributed by atoms with van der Waals surface area (Å²) in [5.74, 6) is 0. The first-order valence-electron chi connectivity index (χ1n) is 9.32. The number of nitrogens with zero attached hydrogens (tertiary/aromatic N) is 3. The van der Waals surface area contributed by atoms with Gasteiger partial charge >= 0.3 is 0 Å². The molecule has 0 fully saturated rings. The SMILES string of the molecule is CCCN1c2cc(Cl)c(C=Nc3ccc([N+](=O)[O-])cc3)cc2C(C)=CC1(C)C. The average Bonchev–Trinajstić information content (AvgIpc) is 2.63. The number of hydrogen-bond acceptors (Lipinski definition) is 4. The van der Waals surface area contributed by atoms with Crippen LogP contribution in [0.5, 0.6) is 0 Å². The number of fused-ring (bicyclic) bond motifs is 1. The van der Waals surface area contributed by atoms with E-state index in [1.807, 2.05) is 6.07 Å². The van der Waals surface area contributed by atoms with Crippen LogP contribution in [-0.2, 0) is 0 Å². The minimum atomic E-state index is -0.424. The van der Waals surface area contributed by atoms with Crippen molar-refractivity contribution in [2.45, 2.75) is 39.7 Å². The highest BCUT2D eigenvalue weighted by atomic mass is 35.5. The Morgan fingerprint density at radius 3 is 2.54 bits per heavy atom. The molecular formula is C22H24ClN3O2. The van der Waals surface area contributed by atoms with Gasteiger partial charge in [0.2, 0.25) is 0 Å². The van der Waals surface area contributed by atoms with Crippen molar-refractivity contribution in [3.05, 3.63) is 68.7 Å². The number of rotatable bonds is 5. The number of nitro benzene ring substituents is 1. The standard InChI is InChI=1S/C22H24ClN3O2/c1-5-10-25-21-12-20(23)16(11-19(21)15(2)13-22(25,3)4)14-24-17-6-8-18(9-7-17)26(27)28/h6-9,11-14H,5,10H2,1-4H3. The van der Waals surface area contributed by atoms with Crippen molar-refractivity contribution in [3.8, 4) is 0 Å². The maximum atomic E-state index is 10.8. The van der Waals surface area contributed by atoms with Gasteiger partial charge < -0.3 is 4.90 Å².